The van der Waals surface area contributed by atoms with Gasteiger partial charge in [-0.15, -0.1) is 29.8 Å². The second-order valence-corrected chi connectivity index (χ2v) is 7.90. The van der Waals surface area contributed by atoms with Crippen molar-refractivity contribution in [1.29, 1.82) is 0 Å². The Labute approximate surface area is 149 Å². The van der Waals surface area contributed by atoms with E-state index < -0.39 is 0 Å². The summed E-state index contributed by atoms with van der Waals surface area (Å²) in [6, 6.07) is 11.5. The van der Waals surface area contributed by atoms with Gasteiger partial charge in [0.15, 0.2) is 0 Å². The summed E-state index contributed by atoms with van der Waals surface area (Å²) in [6.07, 6.45) is 3.23. The molecule has 1 nitrogen and oxygen atoms in total. The van der Waals surface area contributed by atoms with Crippen molar-refractivity contribution in [3.05, 3.63) is 52.1 Å². The van der Waals surface area contributed by atoms with Gasteiger partial charge in [-0.2, -0.15) is 0 Å². The summed E-state index contributed by atoms with van der Waals surface area (Å²) >= 11 is 3.51. The SMILES string of the molecule is CC1(C)CC(C)(C)c2cc(-c3[c-]ccc(Br)c3)ncc21.[Ir]. The summed E-state index contributed by atoms with van der Waals surface area (Å²) in [4.78, 5) is 4.67. The molecule has 1 radical (unpaired) electrons. The van der Waals surface area contributed by atoms with Crippen LogP contribution in [0.25, 0.3) is 11.3 Å². The normalized spacial score (nSPS) is 18.0. The zero-order valence-corrected chi connectivity index (χ0v) is 16.7. The maximum atomic E-state index is 4.67. The summed E-state index contributed by atoms with van der Waals surface area (Å²) in [7, 11) is 0. The maximum absolute atomic E-state index is 4.67. The van der Waals surface area contributed by atoms with Gasteiger partial charge in [-0.1, -0.05) is 54.2 Å². The van der Waals surface area contributed by atoms with Crippen LogP contribution in [0.4, 0.5) is 0 Å². The Bertz CT molecular complexity index is 677. The first-order valence-electron chi connectivity index (χ1n) is 6.98. The Morgan fingerprint density at radius 1 is 1.10 bits per heavy atom. The van der Waals surface area contributed by atoms with Crippen molar-refractivity contribution in [2.45, 2.75) is 44.9 Å². The van der Waals surface area contributed by atoms with Crippen LogP contribution in [-0.4, -0.2) is 4.98 Å². The topological polar surface area (TPSA) is 12.9 Å². The van der Waals surface area contributed by atoms with Crippen LogP contribution in [0.15, 0.2) is 34.9 Å². The number of benzene rings is 1. The molecule has 0 aliphatic heterocycles. The van der Waals surface area contributed by atoms with Crippen LogP contribution in [0.3, 0.4) is 0 Å². The minimum atomic E-state index is 0. The fourth-order valence-electron chi connectivity index (χ4n) is 3.58. The van der Waals surface area contributed by atoms with Gasteiger partial charge in [-0.3, -0.25) is 0 Å². The molecule has 1 aromatic carbocycles. The average molecular weight is 521 g/mol. The standard InChI is InChI=1S/C18H19BrN.Ir/c1-17(2)11-18(3,4)15-10-20-16(9-14(15)17)12-6-5-7-13(19)8-12;/h5,7-10H,11H2,1-4H3;/q-1;. The predicted molar refractivity (Wildman–Crippen MR) is 86.9 cm³/mol. The first kappa shape index (κ1) is 16.9. The fraction of sp³-hybridized carbons (Fsp3) is 0.389. The second kappa shape index (κ2) is 5.61. The van der Waals surface area contributed by atoms with Gasteiger partial charge >= 0.3 is 0 Å². The van der Waals surface area contributed by atoms with E-state index in [4.69, 9.17) is 0 Å². The molecule has 2 aromatic rings. The van der Waals surface area contributed by atoms with Gasteiger partial charge < -0.3 is 4.98 Å². The number of fused-ring (bicyclic) bond motifs is 1. The maximum Gasteiger partial charge on any atom is 0.0201 e. The molecule has 1 aliphatic carbocycles. The largest absolute Gasteiger partial charge is 0.304 e. The van der Waals surface area contributed by atoms with Crippen molar-refractivity contribution < 1.29 is 20.1 Å². The van der Waals surface area contributed by atoms with Crippen LogP contribution in [0, 0.1) is 6.07 Å². The van der Waals surface area contributed by atoms with E-state index in [1.165, 1.54) is 17.5 Å². The third-order valence-corrected chi connectivity index (χ3v) is 4.78. The fourth-order valence-corrected chi connectivity index (χ4v) is 3.94. The van der Waals surface area contributed by atoms with Gasteiger partial charge in [0.2, 0.25) is 0 Å². The molecular formula is C18H19BrIrN-. The summed E-state index contributed by atoms with van der Waals surface area (Å²) in [5.74, 6) is 0. The molecule has 0 bridgehead atoms. The smallest absolute Gasteiger partial charge is 0.0201 e. The molecule has 0 N–H and O–H groups in total. The molecule has 0 spiro atoms. The number of hydrogen-bond donors (Lipinski definition) is 0. The molecular weight excluding hydrogens is 502 g/mol. The predicted octanol–water partition coefficient (Wildman–Crippen LogP) is 5.27. The molecule has 3 heteroatoms. The van der Waals surface area contributed by atoms with Gasteiger partial charge in [0, 0.05) is 26.3 Å². The Morgan fingerprint density at radius 2 is 1.76 bits per heavy atom. The quantitative estimate of drug-likeness (QED) is 0.467. The summed E-state index contributed by atoms with van der Waals surface area (Å²) in [5, 5.41) is 0. The van der Waals surface area contributed by atoms with Crippen LogP contribution in [-0.2, 0) is 30.9 Å². The van der Waals surface area contributed by atoms with Gasteiger partial charge in [-0.25, -0.2) is 0 Å². The van der Waals surface area contributed by atoms with Gasteiger partial charge in [0.25, 0.3) is 0 Å². The molecule has 1 aliphatic rings. The first-order valence-corrected chi connectivity index (χ1v) is 7.77. The Kier molecular flexibility index (Phi) is 4.50. The van der Waals surface area contributed by atoms with E-state index in [9.17, 15) is 0 Å². The zero-order chi connectivity index (χ0) is 14.5. The van der Waals surface area contributed by atoms with E-state index in [0.717, 1.165) is 15.7 Å². The number of nitrogens with zero attached hydrogens (tertiary/aromatic N) is 1. The van der Waals surface area contributed by atoms with Crippen LogP contribution < -0.4 is 0 Å². The Morgan fingerprint density at radius 3 is 2.43 bits per heavy atom. The van der Waals surface area contributed by atoms with Crippen LogP contribution in [0.1, 0.15) is 45.2 Å². The van der Waals surface area contributed by atoms with Crippen molar-refractivity contribution in [2.24, 2.45) is 0 Å². The van der Waals surface area contributed by atoms with Crippen molar-refractivity contribution in [3.63, 3.8) is 0 Å². The molecule has 0 unspecified atom stereocenters. The summed E-state index contributed by atoms with van der Waals surface area (Å²) in [5.41, 5.74) is 5.30. The monoisotopic (exact) mass is 521 g/mol. The van der Waals surface area contributed by atoms with E-state index in [-0.39, 0.29) is 30.9 Å². The van der Waals surface area contributed by atoms with E-state index in [1.54, 1.807) is 0 Å². The number of aromatic nitrogens is 1. The van der Waals surface area contributed by atoms with E-state index in [1.807, 2.05) is 12.1 Å². The number of pyridine rings is 1. The molecule has 113 valence electrons. The number of rotatable bonds is 1. The molecule has 3 rings (SSSR count). The minimum absolute atomic E-state index is 0. The molecule has 0 fully saturated rings. The Hall–Kier alpha value is -0.501. The Balaban J connectivity index is 0.00000161. The van der Waals surface area contributed by atoms with Crippen molar-refractivity contribution >= 4 is 15.9 Å². The molecule has 0 saturated heterocycles. The molecule has 0 atom stereocenters. The average Bonchev–Trinajstić information content (AvgIpc) is 2.55. The van der Waals surface area contributed by atoms with Gasteiger partial charge in [0.05, 0.1) is 0 Å². The van der Waals surface area contributed by atoms with Crippen molar-refractivity contribution in [2.75, 3.05) is 0 Å². The van der Waals surface area contributed by atoms with Crippen LogP contribution >= 0.6 is 15.9 Å². The van der Waals surface area contributed by atoms with E-state index >= 15 is 0 Å². The van der Waals surface area contributed by atoms with Gasteiger partial charge in [0.1, 0.15) is 0 Å². The van der Waals surface area contributed by atoms with E-state index in [0.29, 0.717) is 0 Å². The molecule has 0 amide bonds. The molecule has 1 heterocycles. The molecule has 1 aromatic heterocycles. The zero-order valence-electron chi connectivity index (χ0n) is 12.8. The molecule has 21 heavy (non-hydrogen) atoms. The summed E-state index contributed by atoms with van der Waals surface area (Å²) < 4.78 is 1.06. The van der Waals surface area contributed by atoms with Crippen molar-refractivity contribution in [3.8, 4) is 11.3 Å². The third kappa shape index (κ3) is 3.02. The number of hydrogen-bond acceptors (Lipinski definition) is 1. The van der Waals surface area contributed by atoms with Crippen LogP contribution in [0.2, 0.25) is 0 Å². The second-order valence-electron chi connectivity index (χ2n) is 6.98. The van der Waals surface area contributed by atoms with E-state index in [2.05, 4.69) is 73.0 Å². The van der Waals surface area contributed by atoms with Crippen molar-refractivity contribution in [1.82, 2.24) is 4.98 Å². The third-order valence-electron chi connectivity index (χ3n) is 4.29. The first-order chi connectivity index (χ1) is 9.29. The number of halogens is 1. The van der Waals surface area contributed by atoms with Gasteiger partial charge in [-0.05, 0) is 34.1 Å². The summed E-state index contributed by atoms with van der Waals surface area (Å²) in [6.45, 7) is 9.28. The van der Waals surface area contributed by atoms with Crippen LogP contribution in [0.5, 0.6) is 0 Å². The molecule has 0 saturated carbocycles. The minimum Gasteiger partial charge on any atom is -0.304 e.